The number of carbonyl (C=O) groups excluding carboxylic acids is 1. The topological polar surface area (TPSA) is 166 Å². The zero-order valence-electron chi connectivity index (χ0n) is 39.0. The van der Waals surface area contributed by atoms with Crippen LogP contribution in [-0.2, 0) is 28.9 Å². The molecule has 0 spiro atoms. The SMILES string of the molecule is COc1ccc(C(OC[C@@]2(/C=C/CCCCCNC(=O)C(F)(F)F)O[C@@H](n3cc(C)c(=O)[nH]c3=O)C[C@@H]2OP(OCCC#N)N(C(C)C)C(C)C)(c2ccccc2)c2ccc(OC)cc2)cc1. The highest BCUT2D eigenvalue weighted by molar-refractivity contribution is 7.44. The number of alkyl halides is 3. The normalized spacial score (nSPS) is 18.1. The van der Waals surface area contributed by atoms with Crippen LogP contribution in [0, 0.1) is 18.3 Å². The molecule has 1 amide bonds. The lowest BCUT2D eigenvalue weighted by molar-refractivity contribution is -0.173. The molecular formula is C49H61F3N5O9P. The summed E-state index contributed by atoms with van der Waals surface area (Å²) in [5, 5.41) is 11.4. The van der Waals surface area contributed by atoms with Gasteiger partial charge in [0, 0.05) is 36.8 Å². The van der Waals surface area contributed by atoms with Crippen LogP contribution < -0.4 is 26.0 Å². The third-order valence-corrected chi connectivity index (χ3v) is 13.5. The molecule has 2 N–H and O–H groups in total. The number of methoxy groups -OCH3 is 2. The number of allylic oxidation sites excluding steroid dienone is 1. The van der Waals surface area contributed by atoms with E-state index >= 15 is 0 Å². The number of aryl methyl sites for hydroxylation is 1. The fourth-order valence-electron chi connectivity index (χ4n) is 8.03. The van der Waals surface area contributed by atoms with Gasteiger partial charge in [0.2, 0.25) is 0 Å². The van der Waals surface area contributed by atoms with E-state index in [9.17, 15) is 32.8 Å². The summed E-state index contributed by atoms with van der Waals surface area (Å²) in [5.74, 6) is -0.723. The Morgan fingerprint density at radius 1 is 0.955 bits per heavy atom. The smallest absolute Gasteiger partial charge is 0.471 e. The van der Waals surface area contributed by atoms with Gasteiger partial charge in [0.1, 0.15) is 35.0 Å². The number of carbonyl (C=O) groups is 1. The van der Waals surface area contributed by atoms with Gasteiger partial charge in [0.15, 0.2) is 0 Å². The highest BCUT2D eigenvalue weighted by atomic mass is 31.2. The van der Waals surface area contributed by atoms with E-state index in [1.807, 2.05) is 124 Å². The van der Waals surface area contributed by atoms with E-state index in [0.717, 1.165) is 16.7 Å². The van der Waals surface area contributed by atoms with Crippen molar-refractivity contribution in [1.29, 1.82) is 5.26 Å². The molecule has 1 saturated heterocycles. The Kier molecular flexibility index (Phi) is 18.9. The van der Waals surface area contributed by atoms with Gasteiger partial charge in [-0.2, -0.15) is 18.4 Å². The predicted molar refractivity (Wildman–Crippen MR) is 249 cm³/mol. The molecular weight excluding hydrogens is 891 g/mol. The number of aromatic amines is 1. The maximum atomic E-state index is 13.6. The quantitative estimate of drug-likeness (QED) is 0.0298. The van der Waals surface area contributed by atoms with Crippen molar-refractivity contribution < 1.29 is 46.0 Å². The number of H-pyrrole nitrogens is 1. The number of unbranched alkanes of at least 4 members (excludes halogenated alkanes) is 3. The summed E-state index contributed by atoms with van der Waals surface area (Å²) < 4.78 is 81.1. The molecule has 0 saturated carbocycles. The fourth-order valence-corrected chi connectivity index (χ4v) is 9.82. The van der Waals surface area contributed by atoms with Gasteiger partial charge in [0.05, 0.1) is 39.9 Å². The first-order chi connectivity index (χ1) is 32.0. The average molecular weight is 952 g/mol. The largest absolute Gasteiger partial charge is 0.497 e. The molecule has 1 aliphatic rings. The van der Waals surface area contributed by atoms with E-state index in [2.05, 4.69) is 15.7 Å². The summed E-state index contributed by atoms with van der Waals surface area (Å²) in [6.07, 6.45) is 0.366. The number of hydrogen-bond donors (Lipinski definition) is 2. The second-order valence-electron chi connectivity index (χ2n) is 16.7. The highest BCUT2D eigenvalue weighted by Gasteiger charge is 2.53. The van der Waals surface area contributed by atoms with Gasteiger partial charge in [-0.3, -0.25) is 19.1 Å². The molecule has 18 heteroatoms. The van der Waals surface area contributed by atoms with Crippen LogP contribution in [0.4, 0.5) is 13.2 Å². The van der Waals surface area contributed by atoms with Crippen molar-refractivity contribution in [2.75, 3.05) is 34.0 Å². The second-order valence-corrected chi connectivity index (χ2v) is 18.1. The molecule has 1 unspecified atom stereocenters. The molecule has 362 valence electrons. The maximum Gasteiger partial charge on any atom is 0.471 e. The van der Waals surface area contributed by atoms with Crippen molar-refractivity contribution in [3.8, 4) is 17.6 Å². The van der Waals surface area contributed by atoms with Crippen LogP contribution in [0.15, 0.2) is 107 Å². The summed E-state index contributed by atoms with van der Waals surface area (Å²) in [6, 6.07) is 26.8. The van der Waals surface area contributed by atoms with Crippen LogP contribution in [0.5, 0.6) is 11.5 Å². The molecule has 2 heterocycles. The Balaban J connectivity index is 1.68. The first kappa shape index (κ1) is 52.6. The minimum atomic E-state index is -4.96. The molecule has 4 atom stereocenters. The Morgan fingerprint density at radius 2 is 1.55 bits per heavy atom. The Hall–Kier alpha value is -5.34. The minimum absolute atomic E-state index is 0.0613. The van der Waals surface area contributed by atoms with Crippen molar-refractivity contribution in [2.24, 2.45) is 0 Å². The third kappa shape index (κ3) is 13.2. The van der Waals surface area contributed by atoms with Crippen LogP contribution in [-0.4, -0.2) is 84.1 Å². The first-order valence-electron chi connectivity index (χ1n) is 22.3. The van der Waals surface area contributed by atoms with Gasteiger partial charge in [-0.1, -0.05) is 73.2 Å². The number of nitrogens with one attached hydrogen (secondary N) is 2. The van der Waals surface area contributed by atoms with E-state index in [1.165, 1.54) is 10.8 Å². The van der Waals surface area contributed by atoms with E-state index in [0.29, 0.717) is 37.2 Å². The molecule has 0 radical (unpaired) electrons. The number of nitriles is 1. The lowest BCUT2D eigenvalue weighted by atomic mass is 9.79. The Labute approximate surface area is 391 Å². The van der Waals surface area contributed by atoms with E-state index in [1.54, 1.807) is 21.1 Å². The number of halogens is 3. The van der Waals surface area contributed by atoms with Gasteiger partial charge in [0.25, 0.3) is 14.1 Å². The van der Waals surface area contributed by atoms with Gasteiger partial charge >= 0.3 is 17.8 Å². The molecule has 0 aliphatic carbocycles. The van der Waals surface area contributed by atoms with E-state index < -0.39 is 55.4 Å². The molecule has 1 aromatic heterocycles. The van der Waals surface area contributed by atoms with Crippen molar-refractivity contribution in [3.05, 3.63) is 140 Å². The monoisotopic (exact) mass is 951 g/mol. The summed E-state index contributed by atoms with van der Waals surface area (Å²) in [7, 11) is 1.28. The number of aromatic nitrogens is 2. The van der Waals surface area contributed by atoms with Crippen molar-refractivity contribution in [2.45, 2.75) is 115 Å². The van der Waals surface area contributed by atoms with Gasteiger partial charge in [-0.25, -0.2) is 9.46 Å². The predicted octanol–water partition coefficient (Wildman–Crippen LogP) is 8.98. The number of ether oxygens (including phenoxy) is 4. The Morgan fingerprint density at radius 3 is 2.10 bits per heavy atom. The zero-order valence-corrected chi connectivity index (χ0v) is 39.9. The lowest BCUT2D eigenvalue weighted by Crippen LogP contribution is -2.47. The molecule has 3 aromatic carbocycles. The standard InChI is InChI=1S/C49H61F3N5O9P/c1-34(2)57(35(3)4)67(64-30-16-28-53)66-42-31-43(56-32-36(5)44(58)55-46(56)60)65-47(42,27-14-9-8-10-15-29-54-45(59)49(50,51)52)33-63-48(37-17-12-11-13-18-37,38-19-23-40(61-6)24-20-38)39-21-25-41(62-7)26-22-39/h11-14,17-27,32,34-35,42-43H,8-10,15-16,29-31,33H2,1-7H3,(H,54,59)(H,55,58,60)/b27-14+/t42-,43+,47+,67?/m0/s1. The molecule has 1 aliphatic heterocycles. The first-order valence-corrected chi connectivity index (χ1v) is 23.4. The molecule has 67 heavy (non-hydrogen) atoms. The van der Waals surface area contributed by atoms with Crippen molar-refractivity contribution in [1.82, 2.24) is 19.5 Å². The number of rotatable bonds is 24. The number of hydrogen-bond acceptors (Lipinski definition) is 11. The Bertz CT molecular complexity index is 2330. The van der Waals surface area contributed by atoms with Gasteiger partial charge in [-0.05, 0) is 94.8 Å². The van der Waals surface area contributed by atoms with Crippen molar-refractivity contribution in [3.63, 3.8) is 0 Å². The summed E-state index contributed by atoms with van der Waals surface area (Å²) >= 11 is 0. The number of benzene rings is 3. The zero-order chi connectivity index (χ0) is 48.8. The molecule has 5 rings (SSSR count). The minimum Gasteiger partial charge on any atom is -0.497 e. The summed E-state index contributed by atoms with van der Waals surface area (Å²) in [6.45, 7) is 9.43. The van der Waals surface area contributed by atoms with Crippen LogP contribution in [0.1, 0.15) is 94.7 Å². The third-order valence-electron chi connectivity index (χ3n) is 11.3. The lowest BCUT2D eigenvalue weighted by Gasteiger charge is -2.42. The summed E-state index contributed by atoms with van der Waals surface area (Å²) in [5.41, 5.74) is -1.50. The van der Waals surface area contributed by atoms with Gasteiger partial charge < -0.3 is 33.3 Å². The molecule has 14 nitrogen and oxygen atoms in total. The number of nitrogens with zero attached hydrogens (tertiary/aromatic N) is 3. The van der Waals surface area contributed by atoms with Gasteiger partial charge in [-0.15, -0.1) is 0 Å². The number of amides is 1. The van der Waals surface area contributed by atoms with E-state index in [-0.39, 0.29) is 50.2 Å². The fraction of sp³-hybridized carbons (Fsp3) is 0.469. The molecule has 4 aromatic rings. The summed E-state index contributed by atoms with van der Waals surface area (Å²) in [4.78, 5) is 40.0. The van der Waals surface area contributed by atoms with Crippen LogP contribution >= 0.6 is 8.53 Å². The molecule has 1 fully saturated rings. The maximum absolute atomic E-state index is 13.6. The second kappa shape index (κ2) is 24.1. The van der Waals surface area contributed by atoms with Crippen molar-refractivity contribution >= 4 is 14.4 Å². The van der Waals surface area contributed by atoms with Crippen LogP contribution in [0.2, 0.25) is 0 Å². The highest BCUT2D eigenvalue weighted by Crippen LogP contribution is 2.53. The van der Waals surface area contributed by atoms with E-state index in [4.69, 9.17) is 28.0 Å². The van der Waals surface area contributed by atoms with Crippen LogP contribution in [0.3, 0.4) is 0 Å². The average Bonchev–Trinajstić information content (AvgIpc) is 3.65. The van der Waals surface area contributed by atoms with Crippen LogP contribution in [0.25, 0.3) is 0 Å². The molecule has 0 bridgehead atoms.